The van der Waals surface area contributed by atoms with Crippen LogP contribution in [0.2, 0.25) is 0 Å². The lowest BCUT2D eigenvalue weighted by Gasteiger charge is -2.44. The number of amides is 1. The molecule has 0 aromatic heterocycles. The maximum Gasteiger partial charge on any atom is 0.223 e. The minimum atomic E-state index is -0.196. The molecule has 2 unspecified atom stereocenters. The van der Waals surface area contributed by atoms with Crippen molar-refractivity contribution in [3.8, 4) is 5.75 Å². The number of fused-ring (bicyclic) bond motifs is 2. The highest BCUT2D eigenvalue weighted by Gasteiger charge is 2.43. The Morgan fingerprint density at radius 3 is 2.22 bits per heavy atom. The molecule has 4 nitrogen and oxygen atoms in total. The second-order valence-corrected chi connectivity index (χ2v) is 8.70. The van der Waals surface area contributed by atoms with Crippen LogP contribution in [0, 0.1) is 17.8 Å². The summed E-state index contributed by atoms with van der Waals surface area (Å²) in [5.41, 5.74) is 7.43. The molecule has 1 aromatic rings. The normalized spacial score (nSPS) is 31.6. The number of nitrogens with one attached hydrogen (secondary N) is 1. The fourth-order valence-corrected chi connectivity index (χ4v) is 5.72. The van der Waals surface area contributed by atoms with Crippen LogP contribution in [0.5, 0.6) is 5.75 Å². The summed E-state index contributed by atoms with van der Waals surface area (Å²) in [6.07, 6.45) is 10.0. The third kappa shape index (κ3) is 3.97. The SMILES string of the molecule is COc1ccc(C2(NC(=O)C3CC4CCCC(C3)C4N)CCCC2)cc1.Cl. The first kappa shape index (κ1) is 20.5. The summed E-state index contributed by atoms with van der Waals surface area (Å²) in [5, 5.41) is 3.50. The van der Waals surface area contributed by atoms with Gasteiger partial charge in [0, 0.05) is 12.0 Å². The van der Waals surface area contributed by atoms with Gasteiger partial charge in [0.05, 0.1) is 12.6 Å². The average Bonchev–Trinajstić information content (AvgIpc) is 3.11. The first-order valence-electron chi connectivity index (χ1n) is 10.3. The van der Waals surface area contributed by atoms with E-state index in [0.717, 1.165) is 31.4 Å². The van der Waals surface area contributed by atoms with Gasteiger partial charge in [0.25, 0.3) is 0 Å². The van der Waals surface area contributed by atoms with Crippen LogP contribution in [0.4, 0.5) is 0 Å². The Balaban J connectivity index is 0.00000210. The molecular weight excluding hydrogens is 360 g/mol. The van der Waals surface area contributed by atoms with Crippen molar-refractivity contribution in [2.45, 2.75) is 69.4 Å². The third-order valence-electron chi connectivity index (χ3n) is 7.25. The standard InChI is InChI=1S/C22H32N2O2.ClH/c1-26-19-9-7-18(8-10-19)22(11-2-3-12-22)24-21(25)17-13-15-5-4-6-16(14-17)20(15)23;/h7-10,15-17,20H,2-6,11-14,23H2,1H3,(H,24,25);1H. The predicted molar refractivity (Wildman–Crippen MR) is 110 cm³/mol. The number of benzene rings is 1. The van der Waals surface area contributed by atoms with E-state index in [0.29, 0.717) is 17.9 Å². The van der Waals surface area contributed by atoms with Gasteiger partial charge in [-0.3, -0.25) is 4.79 Å². The molecule has 3 saturated carbocycles. The predicted octanol–water partition coefficient (Wildman–Crippen LogP) is 4.16. The molecule has 1 aromatic carbocycles. The first-order valence-corrected chi connectivity index (χ1v) is 10.3. The van der Waals surface area contributed by atoms with Gasteiger partial charge in [-0.25, -0.2) is 0 Å². The number of methoxy groups -OCH3 is 1. The summed E-state index contributed by atoms with van der Waals surface area (Å²) >= 11 is 0. The van der Waals surface area contributed by atoms with Crippen molar-refractivity contribution in [1.82, 2.24) is 5.32 Å². The Kier molecular flexibility index (Phi) is 6.37. The van der Waals surface area contributed by atoms with Crippen LogP contribution in [0.3, 0.4) is 0 Å². The molecule has 3 aliphatic carbocycles. The second kappa shape index (κ2) is 8.40. The number of nitrogens with two attached hydrogens (primary N) is 1. The van der Waals surface area contributed by atoms with Gasteiger partial charge in [-0.1, -0.05) is 31.4 Å². The molecule has 4 rings (SSSR count). The Hall–Kier alpha value is -1.26. The van der Waals surface area contributed by atoms with Gasteiger partial charge >= 0.3 is 0 Å². The van der Waals surface area contributed by atoms with E-state index < -0.39 is 0 Å². The van der Waals surface area contributed by atoms with Crippen LogP contribution in [-0.4, -0.2) is 19.1 Å². The van der Waals surface area contributed by atoms with Crippen molar-refractivity contribution in [2.24, 2.45) is 23.5 Å². The maximum atomic E-state index is 13.2. The van der Waals surface area contributed by atoms with E-state index in [2.05, 4.69) is 17.4 Å². The van der Waals surface area contributed by atoms with E-state index in [4.69, 9.17) is 10.5 Å². The van der Waals surface area contributed by atoms with E-state index in [1.54, 1.807) is 7.11 Å². The van der Waals surface area contributed by atoms with Crippen LogP contribution >= 0.6 is 12.4 Å². The van der Waals surface area contributed by atoms with Crippen molar-refractivity contribution >= 4 is 18.3 Å². The number of halogens is 1. The molecule has 0 radical (unpaired) electrons. The highest BCUT2D eigenvalue weighted by molar-refractivity contribution is 5.85. The molecule has 5 heteroatoms. The Morgan fingerprint density at radius 2 is 1.67 bits per heavy atom. The molecule has 3 aliphatic rings. The van der Waals surface area contributed by atoms with Crippen molar-refractivity contribution in [3.05, 3.63) is 29.8 Å². The molecule has 0 spiro atoms. The van der Waals surface area contributed by atoms with E-state index >= 15 is 0 Å². The van der Waals surface area contributed by atoms with Crippen LogP contribution in [0.15, 0.2) is 24.3 Å². The van der Waals surface area contributed by atoms with E-state index in [9.17, 15) is 4.79 Å². The van der Waals surface area contributed by atoms with Gasteiger partial charge in [-0.2, -0.15) is 0 Å². The molecule has 150 valence electrons. The average molecular weight is 393 g/mol. The van der Waals surface area contributed by atoms with E-state index in [-0.39, 0.29) is 29.8 Å². The van der Waals surface area contributed by atoms with Gasteiger partial charge in [-0.15, -0.1) is 12.4 Å². The largest absolute Gasteiger partial charge is 0.497 e. The molecule has 2 bridgehead atoms. The highest BCUT2D eigenvalue weighted by Crippen LogP contribution is 2.44. The third-order valence-corrected chi connectivity index (χ3v) is 7.25. The fourth-order valence-electron chi connectivity index (χ4n) is 5.72. The smallest absolute Gasteiger partial charge is 0.223 e. The summed E-state index contributed by atoms with van der Waals surface area (Å²) in [4.78, 5) is 13.2. The highest BCUT2D eigenvalue weighted by atomic mass is 35.5. The monoisotopic (exact) mass is 392 g/mol. The Morgan fingerprint density at radius 1 is 1.07 bits per heavy atom. The van der Waals surface area contributed by atoms with E-state index in [1.807, 2.05) is 12.1 Å². The zero-order valence-electron chi connectivity index (χ0n) is 16.3. The molecule has 0 saturated heterocycles. The summed E-state index contributed by atoms with van der Waals surface area (Å²) in [5.74, 6) is 2.34. The zero-order chi connectivity index (χ0) is 18.1. The summed E-state index contributed by atoms with van der Waals surface area (Å²) in [7, 11) is 1.69. The van der Waals surface area contributed by atoms with Crippen molar-refractivity contribution in [1.29, 1.82) is 0 Å². The summed E-state index contributed by atoms with van der Waals surface area (Å²) in [6.45, 7) is 0. The van der Waals surface area contributed by atoms with Crippen molar-refractivity contribution in [3.63, 3.8) is 0 Å². The van der Waals surface area contributed by atoms with Crippen LogP contribution in [0.25, 0.3) is 0 Å². The lowest BCUT2D eigenvalue weighted by Crippen LogP contribution is -2.52. The van der Waals surface area contributed by atoms with E-state index in [1.165, 1.54) is 37.7 Å². The number of carbonyl (C=O) groups excluding carboxylic acids is 1. The molecule has 1 amide bonds. The van der Waals surface area contributed by atoms with Gasteiger partial charge < -0.3 is 15.8 Å². The molecule has 0 heterocycles. The number of hydrogen-bond donors (Lipinski definition) is 2. The van der Waals surface area contributed by atoms with Gasteiger partial charge in [0.1, 0.15) is 5.75 Å². The second-order valence-electron chi connectivity index (χ2n) is 8.70. The number of carbonyl (C=O) groups is 1. The minimum Gasteiger partial charge on any atom is -0.497 e. The minimum absolute atomic E-state index is 0. The summed E-state index contributed by atoms with van der Waals surface area (Å²) in [6, 6.07) is 8.57. The fraction of sp³-hybridized carbons (Fsp3) is 0.682. The molecule has 2 atom stereocenters. The zero-order valence-corrected chi connectivity index (χ0v) is 17.1. The van der Waals surface area contributed by atoms with Crippen LogP contribution in [0.1, 0.15) is 63.4 Å². The van der Waals surface area contributed by atoms with Crippen LogP contribution < -0.4 is 15.8 Å². The Bertz CT molecular complexity index is 628. The quantitative estimate of drug-likeness (QED) is 0.808. The van der Waals surface area contributed by atoms with Crippen molar-refractivity contribution < 1.29 is 9.53 Å². The molecule has 3 fully saturated rings. The number of hydrogen-bond acceptors (Lipinski definition) is 3. The summed E-state index contributed by atoms with van der Waals surface area (Å²) < 4.78 is 5.29. The lowest BCUT2D eigenvalue weighted by molar-refractivity contribution is -0.130. The molecule has 27 heavy (non-hydrogen) atoms. The Labute approximate surface area is 169 Å². The molecular formula is C22H33ClN2O2. The number of rotatable bonds is 4. The van der Waals surface area contributed by atoms with Gasteiger partial charge in [-0.05, 0) is 68.1 Å². The molecule has 3 N–H and O–H groups in total. The maximum absolute atomic E-state index is 13.2. The number of ether oxygens (including phenoxy) is 1. The topological polar surface area (TPSA) is 64.3 Å². The molecule has 0 aliphatic heterocycles. The first-order chi connectivity index (χ1) is 12.6. The van der Waals surface area contributed by atoms with Crippen LogP contribution in [-0.2, 0) is 10.3 Å². The van der Waals surface area contributed by atoms with Gasteiger partial charge in [0.2, 0.25) is 5.91 Å². The lowest BCUT2D eigenvalue weighted by atomic mass is 9.65. The van der Waals surface area contributed by atoms with Crippen molar-refractivity contribution in [2.75, 3.05) is 7.11 Å². The van der Waals surface area contributed by atoms with Gasteiger partial charge in [0.15, 0.2) is 0 Å².